The van der Waals surface area contributed by atoms with Crippen LogP contribution in [0.2, 0.25) is 0 Å². The van der Waals surface area contributed by atoms with E-state index in [-0.39, 0.29) is 77.8 Å². The summed E-state index contributed by atoms with van der Waals surface area (Å²) in [6.45, 7) is 17.5. The highest BCUT2D eigenvalue weighted by Gasteiger charge is 2.47. The Labute approximate surface area is 494 Å². The second-order valence-electron chi connectivity index (χ2n) is 24.3. The van der Waals surface area contributed by atoms with Crippen LogP contribution < -0.4 is 21.3 Å². The SMILES string of the molecule is CCC(C)C(C(CC(=O)N1CCCC1C(OC)C(C)C(=O)NC(C)C(O)c1ccccc1)OC)N(C)C(=O)C(NC(=O)C(C(C)C)N(C)CCCCCCCCCCCCNc1cccc2c1C(=O)N(C1CCC(=O)NC1=O)C2=O)C(C)C. The second kappa shape index (κ2) is 33.1. The molecule has 11 atom stereocenters. The van der Waals surface area contributed by atoms with Gasteiger partial charge < -0.3 is 40.3 Å². The molecule has 3 heterocycles. The number of aliphatic hydroxyl groups excluding tert-OH is 1. The Bertz CT molecular complexity index is 2480. The van der Waals surface area contributed by atoms with Crippen LogP contribution in [0.1, 0.15) is 191 Å². The maximum Gasteiger partial charge on any atom is 0.264 e. The zero-order valence-electron chi connectivity index (χ0n) is 51.9. The van der Waals surface area contributed by atoms with E-state index in [4.69, 9.17) is 9.47 Å². The summed E-state index contributed by atoms with van der Waals surface area (Å²) in [6, 6.07) is 10.6. The quantitative estimate of drug-likeness (QED) is 0.0330. The maximum atomic E-state index is 14.7. The molecule has 0 aliphatic carbocycles. The van der Waals surface area contributed by atoms with Gasteiger partial charge in [-0.15, -0.1) is 0 Å². The number of likely N-dealkylation sites (tertiary alicyclic amines) is 1. The number of carbonyl (C=O) groups is 8. The molecular formula is C64H100N8O11. The standard InChI is InChI=1S/C64H100N8O11/c1-13-42(6)56(50(82-11)39-52(74)71-38-28-33-48(71)58(83-12)43(7)59(76)66-44(8)57(75)45-29-23-22-24-30-45)70(10)64(81)54(40(2)3)68-61(78)55(41(4)5)69(9)37-26-21-19-17-15-14-16-18-20-25-36-65-47-32-27-31-46-53(47)63(80)72(62(46)79)49-34-35-51(73)67-60(49)77/h22-24,27,29-32,40-44,48-50,54-58,65,75H,13-21,25-26,28,33-39H2,1-12H3,(H,66,76)(H,68,78)(H,67,73,77). The van der Waals surface area contributed by atoms with E-state index in [1.807, 2.05) is 72.0 Å². The third-order valence-corrected chi connectivity index (χ3v) is 17.6. The number of piperidine rings is 1. The van der Waals surface area contributed by atoms with Crippen LogP contribution in [-0.4, -0.2) is 168 Å². The molecule has 83 heavy (non-hydrogen) atoms. The van der Waals surface area contributed by atoms with Crippen LogP contribution in [0.25, 0.3) is 0 Å². The molecule has 0 spiro atoms. The van der Waals surface area contributed by atoms with Crippen molar-refractivity contribution in [2.45, 2.75) is 213 Å². The predicted octanol–water partition coefficient (Wildman–Crippen LogP) is 7.66. The van der Waals surface area contributed by atoms with Crippen molar-refractivity contribution < 1.29 is 52.9 Å². The van der Waals surface area contributed by atoms with Crippen molar-refractivity contribution in [2.75, 3.05) is 53.3 Å². The van der Waals surface area contributed by atoms with E-state index in [9.17, 15) is 43.5 Å². The van der Waals surface area contributed by atoms with E-state index in [1.54, 1.807) is 63.1 Å². The fraction of sp³-hybridized carbons (Fsp3) is 0.688. The van der Waals surface area contributed by atoms with E-state index in [0.717, 1.165) is 82.1 Å². The first-order chi connectivity index (χ1) is 39.6. The average molecular weight is 1160 g/mol. The Morgan fingerprint density at radius 1 is 0.759 bits per heavy atom. The van der Waals surface area contributed by atoms with Gasteiger partial charge in [0.2, 0.25) is 35.4 Å². The molecule has 8 amide bonds. The Morgan fingerprint density at radius 3 is 1.99 bits per heavy atom. The number of nitrogens with one attached hydrogen (secondary N) is 4. The van der Waals surface area contributed by atoms with Crippen molar-refractivity contribution in [3.05, 3.63) is 65.2 Å². The number of likely N-dealkylation sites (N-methyl/N-ethyl adjacent to an activating group) is 2. The fourth-order valence-corrected chi connectivity index (χ4v) is 12.6. The molecule has 462 valence electrons. The number of benzene rings is 2. The molecule has 2 aromatic carbocycles. The van der Waals surface area contributed by atoms with Gasteiger partial charge in [-0.2, -0.15) is 0 Å². The van der Waals surface area contributed by atoms with Crippen LogP contribution in [-0.2, 0) is 38.2 Å². The number of hydrogen-bond acceptors (Lipinski definition) is 13. The summed E-state index contributed by atoms with van der Waals surface area (Å²) in [4.78, 5) is 114. The van der Waals surface area contributed by atoms with Crippen molar-refractivity contribution >= 4 is 52.9 Å². The third kappa shape index (κ3) is 17.9. The first-order valence-corrected chi connectivity index (χ1v) is 30.8. The molecule has 19 heteroatoms. The number of carbonyl (C=O) groups excluding carboxylic acids is 8. The first kappa shape index (κ1) is 68.0. The third-order valence-electron chi connectivity index (χ3n) is 17.6. The van der Waals surface area contributed by atoms with Crippen molar-refractivity contribution in [1.82, 2.24) is 35.6 Å². The van der Waals surface area contributed by atoms with E-state index in [1.165, 1.54) is 0 Å². The minimum Gasteiger partial charge on any atom is -0.386 e. The molecule has 0 aromatic heterocycles. The molecule has 3 aliphatic heterocycles. The molecule has 2 fully saturated rings. The highest BCUT2D eigenvalue weighted by molar-refractivity contribution is 6.25. The zero-order valence-corrected chi connectivity index (χ0v) is 51.9. The van der Waals surface area contributed by atoms with Crippen molar-refractivity contribution in [3.8, 4) is 0 Å². The van der Waals surface area contributed by atoms with Gasteiger partial charge in [-0.1, -0.05) is 143 Å². The number of rotatable bonds is 35. The molecule has 0 radical (unpaired) electrons. The first-order valence-electron chi connectivity index (χ1n) is 30.8. The number of hydrogen-bond donors (Lipinski definition) is 5. The topological polar surface area (TPSA) is 236 Å². The average Bonchev–Trinajstić information content (AvgIpc) is 3.41. The van der Waals surface area contributed by atoms with Crippen LogP contribution >= 0.6 is 0 Å². The largest absolute Gasteiger partial charge is 0.386 e. The summed E-state index contributed by atoms with van der Waals surface area (Å²) in [6.07, 6.45) is 10.8. The highest BCUT2D eigenvalue weighted by Crippen LogP contribution is 2.34. The van der Waals surface area contributed by atoms with E-state index in [0.29, 0.717) is 37.2 Å². The number of imide groups is 2. The maximum absolute atomic E-state index is 14.7. The van der Waals surface area contributed by atoms with Crippen molar-refractivity contribution in [3.63, 3.8) is 0 Å². The normalized spacial score (nSPS) is 19.7. The van der Waals surface area contributed by atoms with Gasteiger partial charge in [0, 0.05) is 46.5 Å². The molecule has 0 bridgehead atoms. The molecule has 0 saturated carbocycles. The number of anilines is 1. The van der Waals surface area contributed by atoms with E-state index in [2.05, 4.69) is 33.1 Å². The number of fused-ring (bicyclic) bond motifs is 1. The minimum atomic E-state index is -0.997. The van der Waals surface area contributed by atoms with Crippen LogP contribution in [0.5, 0.6) is 0 Å². The van der Waals surface area contributed by atoms with Gasteiger partial charge in [0.15, 0.2) is 0 Å². The lowest BCUT2D eigenvalue weighted by Gasteiger charge is -2.41. The molecule has 5 rings (SSSR count). The van der Waals surface area contributed by atoms with Gasteiger partial charge in [0.25, 0.3) is 11.8 Å². The van der Waals surface area contributed by atoms with Crippen LogP contribution in [0, 0.1) is 23.7 Å². The summed E-state index contributed by atoms with van der Waals surface area (Å²) in [5, 5.41) is 22.6. The summed E-state index contributed by atoms with van der Waals surface area (Å²) >= 11 is 0. The number of ether oxygens (including phenoxy) is 2. The molecule has 2 saturated heterocycles. The second-order valence-corrected chi connectivity index (χ2v) is 24.3. The van der Waals surface area contributed by atoms with Crippen LogP contribution in [0.15, 0.2) is 48.5 Å². The minimum absolute atomic E-state index is 0.00417. The lowest BCUT2D eigenvalue weighted by molar-refractivity contribution is -0.148. The molecular weight excluding hydrogens is 1060 g/mol. The molecule has 5 N–H and O–H groups in total. The number of aliphatic hydroxyl groups is 1. The van der Waals surface area contributed by atoms with Gasteiger partial charge in [0.1, 0.15) is 12.1 Å². The molecule has 11 unspecified atom stereocenters. The fourth-order valence-electron chi connectivity index (χ4n) is 12.6. The van der Waals surface area contributed by atoms with E-state index < -0.39 is 78.1 Å². The monoisotopic (exact) mass is 1160 g/mol. The van der Waals surface area contributed by atoms with Gasteiger partial charge in [-0.3, -0.25) is 53.5 Å². The summed E-state index contributed by atoms with van der Waals surface area (Å²) in [5.74, 6) is -3.85. The lowest BCUT2D eigenvalue weighted by atomic mass is 9.89. The van der Waals surface area contributed by atoms with Crippen LogP contribution in [0.4, 0.5) is 5.69 Å². The zero-order chi connectivity index (χ0) is 61.1. The van der Waals surface area contributed by atoms with Gasteiger partial charge >= 0.3 is 0 Å². The van der Waals surface area contributed by atoms with Crippen molar-refractivity contribution in [2.24, 2.45) is 23.7 Å². The summed E-state index contributed by atoms with van der Waals surface area (Å²) in [7, 11) is 6.85. The number of unbranched alkanes of at least 4 members (excludes halogenated alkanes) is 9. The van der Waals surface area contributed by atoms with Gasteiger partial charge in [-0.05, 0) is 88.1 Å². The molecule has 19 nitrogen and oxygen atoms in total. The Balaban J connectivity index is 1.04. The van der Waals surface area contributed by atoms with Gasteiger partial charge in [-0.25, -0.2) is 0 Å². The Hall–Kier alpha value is -5.76. The van der Waals surface area contributed by atoms with Gasteiger partial charge in [0.05, 0.1) is 65.9 Å². The predicted molar refractivity (Wildman–Crippen MR) is 321 cm³/mol. The van der Waals surface area contributed by atoms with Crippen LogP contribution in [0.3, 0.4) is 0 Å². The Morgan fingerprint density at radius 2 is 1.40 bits per heavy atom. The summed E-state index contributed by atoms with van der Waals surface area (Å²) in [5.41, 5.74) is 1.82. The highest BCUT2D eigenvalue weighted by atomic mass is 16.5. The molecule has 3 aliphatic rings. The van der Waals surface area contributed by atoms with Crippen molar-refractivity contribution in [1.29, 1.82) is 0 Å². The summed E-state index contributed by atoms with van der Waals surface area (Å²) < 4.78 is 12.1. The molecule has 2 aromatic rings. The number of nitrogens with zero attached hydrogens (tertiary/aromatic N) is 4. The number of amides is 8. The lowest BCUT2D eigenvalue weighted by Crippen LogP contribution is -2.60. The smallest absolute Gasteiger partial charge is 0.264 e. The van der Waals surface area contributed by atoms with E-state index >= 15 is 0 Å². The Kier molecular flexibility index (Phi) is 27.1. The number of methoxy groups -OCH3 is 2.